The summed E-state index contributed by atoms with van der Waals surface area (Å²) in [6, 6.07) is 1.32. The van der Waals surface area contributed by atoms with Gasteiger partial charge in [-0.2, -0.15) is 0 Å². The van der Waals surface area contributed by atoms with E-state index >= 15 is 0 Å². The van der Waals surface area contributed by atoms with Crippen molar-refractivity contribution in [3.8, 4) is 0 Å². The van der Waals surface area contributed by atoms with Gasteiger partial charge in [0.1, 0.15) is 0 Å². The van der Waals surface area contributed by atoms with Gasteiger partial charge in [0.15, 0.2) is 0 Å². The molecule has 0 aromatic rings. The number of hydrogen-bond acceptors (Lipinski definition) is 2. The van der Waals surface area contributed by atoms with Crippen molar-refractivity contribution < 1.29 is 0 Å². The molecular weight excluding hydrogens is 196 g/mol. The Hall–Kier alpha value is -0.0800. The third-order valence-corrected chi connectivity index (χ3v) is 3.59. The first-order valence-corrected chi connectivity index (χ1v) is 6.82. The molecule has 2 unspecified atom stereocenters. The van der Waals surface area contributed by atoms with E-state index in [0.29, 0.717) is 12.1 Å². The van der Waals surface area contributed by atoms with E-state index in [-0.39, 0.29) is 0 Å². The standard InChI is InChI=1S/C14H32N2/c1-8-14(10-15-9-11(2)3)16(7)13(6)12(4)5/h11-15H,8-10H2,1-7H3. The van der Waals surface area contributed by atoms with Gasteiger partial charge in [0.25, 0.3) is 0 Å². The van der Waals surface area contributed by atoms with Crippen LogP contribution in [-0.4, -0.2) is 37.1 Å². The van der Waals surface area contributed by atoms with Gasteiger partial charge in [0, 0.05) is 18.6 Å². The van der Waals surface area contributed by atoms with Crippen LogP contribution in [0.4, 0.5) is 0 Å². The lowest BCUT2D eigenvalue weighted by atomic mass is 10.0. The molecule has 16 heavy (non-hydrogen) atoms. The van der Waals surface area contributed by atoms with Crippen LogP contribution >= 0.6 is 0 Å². The van der Waals surface area contributed by atoms with Crippen LogP contribution in [0.25, 0.3) is 0 Å². The Labute approximate surface area is 103 Å². The second-order valence-electron chi connectivity index (χ2n) is 5.76. The highest BCUT2D eigenvalue weighted by Gasteiger charge is 2.20. The summed E-state index contributed by atoms with van der Waals surface area (Å²) in [5.41, 5.74) is 0. The molecule has 98 valence electrons. The number of likely N-dealkylation sites (N-methyl/N-ethyl adjacent to an activating group) is 1. The van der Waals surface area contributed by atoms with E-state index in [1.165, 1.54) is 6.42 Å². The van der Waals surface area contributed by atoms with Gasteiger partial charge in [0.2, 0.25) is 0 Å². The maximum absolute atomic E-state index is 3.57. The lowest BCUT2D eigenvalue weighted by Crippen LogP contribution is -2.46. The molecule has 0 aromatic heterocycles. The molecule has 0 aliphatic carbocycles. The molecule has 0 aliphatic rings. The Bertz CT molecular complexity index is 166. The Morgan fingerprint density at radius 1 is 1.00 bits per heavy atom. The van der Waals surface area contributed by atoms with Crippen LogP contribution < -0.4 is 5.32 Å². The van der Waals surface area contributed by atoms with Gasteiger partial charge in [-0.05, 0) is 38.8 Å². The predicted molar refractivity (Wildman–Crippen MR) is 73.8 cm³/mol. The average molecular weight is 228 g/mol. The van der Waals surface area contributed by atoms with Gasteiger partial charge < -0.3 is 5.32 Å². The van der Waals surface area contributed by atoms with E-state index in [2.05, 4.69) is 58.8 Å². The highest BCUT2D eigenvalue weighted by atomic mass is 15.2. The normalized spacial score (nSPS) is 16.1. The molecule has 0 saturated heterocycles. The lowest BCUT2D eigenvalue weighted by Gasteiger charge is -2.35. The summed E-state index contributed by atoms with van der Waals surface area (Å²) in [5.74, 6) is 1.47. The van der Waals surface area contributed by atoms with Gasteiger partial charge in [-0.1, -0.05) is 34.6 Å². The highest BCUT2D eigenvalue weighted by molar-refractivity contribution is 4.76. The van der Waals surface area contributed by atoms with Crippen LogP contribution in [0, 0.1) is 11.8 Å². The first-order chi connectivity index (χ1) is 7.40. The van der Waals surface area contributed by atoms with Crippen molar-refractivity contribution in [2.75, 3.05) is 20.1 Å². The van der Waals surface area contributed by atoms with Crippen molar-refractivity contribution in [3.63, 3.8) is 0 Å². The molecule has 1 N–H and O–H groups in total. The Morgan fingerprint density at radius 3 is 1.94 bits per heavy atom. The molecule has 0 saturated carbocycles. The van der Waals surface area contributed by atoms with Crippen LogP contribution in [0.5, 0.6) is 0 Å². The summed E-state index contributed by atoms with van der Waals surface area (Å²) in [7, 11) is 2.26. The fourth-order valence-electron chi connectivity index (χ4n) is 1.92. The first-order valence-electron chi connectivity index (χ1n) is 6.82. The fraction of sp³-hybridized carbons (Fsp3) is 1.00. The van der Waals surface area contributed by atoms with Gasteiger partial charge in [-0.3, -0.25) is 4.90 Å². The van der Waals surface area contributed by atoms with Crippen LogP contribution in [-0.2, 0) is 0 Å². The topological polar surface area (TPSA) is 15.3 Å². The predicted octanol–water partition coefficient (Wildman–Crippen LogP) is 2.99. The van der Waals surface area contributed by atoms with Crippen molar-refractivity contribution in [2.45, 2.75) is 60.0 Å². The molecule has 2 nitrogen and oxygen atoms in total. The third-order valence-electron chi connectivity index (χ3n) is 3.59. The molecule has 0 amide bonds. The van der Waals surface area contributed by atoms with Gasteiger partial charge in [-0.25, -0.2) is 0 Å². The zero-order valence-electron chi connectivity index (χ0n) is 12.4. The molecular formula is C14H32N2. The monoisotopic (exact) mass is 228 g/mol. The number of nitrogens with one attached hydrogen (secondary N) is 1. The summed E-state index contributed by atoms with van der Waals surface area (Å²) >= 11 is 0. The van der Waals surface area contributed by atoms with Crippen molar-refractivity contribution in [1.29, 1.82) is 0 Å². The van der Waals surface area contributed by atoms with Crippen LogP contribution in [0.1, 0.15) is 48.0 Å². The average Bonchev–Trinajstić information content (AvgIpc) is 2.21. The fourth-order valence-corrected chi connectivity index (χ4v) is 1.92. The zero-order valence-corrected chi connectivity index (χ0v) is 12.4. The summed E-state index contributed by atoms with van der Waals surface area (Å²) in [5, 5.41) is 3.57. The van der Waals surface area contributed by atoms with Crippen molar-refractivity contribution in [3.05, 3.63) is 0 Å². The minimum absolute atomic E-state index is 0.658. The lowest BCUT2D eigenvalue weighted by molar-refractivity contribution is 0.141. The quantitative estimate of drug-likeness (QED) is 0.687. The molecule has 0 spiro atoms. The zero-order chi connectivity index (χ0) is 12.7. The molecule has 0 fully saturated rings. The van der Waals surface area contributed by atoms with E-state index in [1.807, 2.05) is 0 Å². The van der Waals surface area contributed by atoms with E-state index in [1.54, 1.807) is 0 Å². The number of rotatable bonds is 8. The molecule has 0 aliphatic heterocycles. The Kier molecular flexibility index (Phi) is 8.04. The first kappa shape index (κ1) is 15.9. The minimum atomic E-state index is 0.658. The van der Waals surface area contributed by atoms with Crippen molar-refractivity contribution in [1.82, 2.24) is 10.2 Å². The van der Waals surface area contributed by atoms with Crippen LogP contribution in [0.3, 0.4) is 0 Å². The molecule has 0 rings (SSSR count). The highest BCUT2D eigenvalue weighted by Crippen LogP contribution is 2.13. The van der Waals surface area contributed by atoms with Crippen molar-refractivity contribution in [2.24, 2.45) is 11.8 Å². The molecule has 0 aromatic carbocycles. The van der Waals surface area contributed by atoms with E-state index in [0.717, 1.165) is 24.9 Å². The van der Waals surface area contributed by atoms with E-state index in [9.17, 15) is 0 Å². The Balaban J connectivity index is 4.06. The second kappa shape index (κ2) is 8.08. The second-order valence-corrected chi connectivity index (χ2v) is 5.76. The van der Waals surface area contributed by atoms with E-state index < -0.39 is 0 Å². The minimum Gasteiger partial charge on any atom is -0.315 e. The molecule has 0 bridgehead atoms. The SMILES string of the molecule is CCC(CNCC(C)C)N(C)C(C)C(C)C. The van der Waals surface area contributed by atoms with Crippen LogP contribution in [0.15, 0.2) is 0 Å². The largest absolute Gasteiger partial charge is 0.315 e. The maximum atomic E-state index is 3.57. The van der Waals surface area contributed by atoms with E-state index in [4.69, 9.17) is 0 Å². The maximum Gasteiger partial charge on any atom is 0.0217 e. The summed E-state index contributed by atoms with van der Waals surface area (Å²) in [6.45, 7) is 16.0. The molecule has 2 heteroatoms. The Morgan fingerprint density at radius 2 is 1.56 bits per heavy atom. The summed E-state index contributed by atoms with van der Waals surface area (Å²) in [4.78, 5) is 2.53. The van der Waals surface area contributed by atoms with Crippen molar-refractivity contribution >= 4 is 0 Å². The number of nitrogens with zero attached hydrogens (tertiary/aromatic N) is 1. The van der Waals surface area contributed by atoms with Gasteiger partial charge in [0.05, 0.1) is 0 Å². The third kappa shape index (κ3) is 5.86. The summed E-state index contributed by atoms with van der Waals surface area (Å²) < 4.78 is 0. The van der Waals surface area contributed by atoms with Gasteiger partial charge in [-0.15, -0.1) is 0 Å². The van der Waals surface area contributed by atoms with Crippen LogP contribution in [0.2, 0.25) is 0 Å². The molecule has 2 atom stereocenters. The van der Waals surface area contributed by atoms with Gasteiger partial charge >= 0.3 is 0 Å². The summed E-state index contributed by atoms with van der Waals surface area (Å²) in [6.07, 6.45) is 1.22. The number of hydrogen-bond donors (Lipinski definition) is 1. The molecule has 0 heterocycles. The smallest absolute Gasteiger partial charge is 0.0217 e. The molecule has 0 radical (unpaired) electrons.